The Morgan fingerprint density at radius 2 is 2.11 bits per heavy atom. The molecule has 1 saturated heterocycles. The Kier molecular flexibility index (Phi) is 3.65. The summed E-state index contributed by atoms with van der Waals surface area (Å²) in [6.45, 7) is 1.78. The van der Waals surface area contributed by atoms with Crippen LogP contribution in [0.25, 0.3) is 16.8 Å². The number of carboxylic acid groups (broad SMARTS) is 1. The molecule has 1 aliphatic carbocycles. The molecule has 5 rings (SSSR count). The van der Waals surface area contributed by atoms with E-state index in [1.165, 1.54) is 0 Å². The van der Waals surface area contributed by atoms with Gasteiger partial charge >= 0.3 is 6.09 Å². The first-order valence-electron chi connectivity index (χ1n) is 9.21. The fraction of sp³-hybridized carbons (Fsp3) is 0.368. The quantitative estimate of drug-likeness (QED) is 0.743. The number of aromatic nitrogens is 4. The van der Waals surface area contributed by atoms with Crippen molar-refractivity contribution in [2.45, 2.75) is 18.4 Å². The number of methoxy groups -OCH3 is 1. The van der Waals surface area contributed by atoms with Crippen molar-refractivity contribution < 1.29 is 14.6 Å². The number of ether oxygens (including phenoxy) is 1. The minimum Gasteiger partial charge on any atom is -0.481 e. The van der Waals surface area contributed by atoms with Gasteiger partial charge in [-0.15, -0.1) is 0 Å². The van der Waals surface area contributed by atoms with Gasteiger partial charge in [0.1, 0.15) is 5.82 Å². The van der Waals surface area contributed by atoms with Crippen LogP contribution in [0.2, 0.25) is 0 Å². The SMILES string of the molecule is COc1ncccc1-c1cnn2ccc(N3CCN(C(=O)O)C4(CC4)C3)nc12. The molecule has 4 heterocycles. The normalized spacial score (nSPS) is 17.9. The molecule has 1 saturated carbocycles. The van der Waals surface area contributed by atoms with Gasteiger partial charge in [-0.2, -0.15) is 5.10 Å². The summed E-state index contributed by atoms with van der Waals surface area (Å²) >= 11 is 0. The average molecular weight is 380 g/mol. The van der Waals surface area contributed by atoms with E-state index in [0.29, 0.717) is 31.2 Å². The van der Waals surface area contributed by atoms with Gasteiger partial charge in [0.15, 0.2) is 5.65 Å². The molecule has 0 radical (unpaired) electrons. The number of piperazine rings is 1. The first-order valence-corrected chi connectivity index (χ1v) is 9.21. The summed E-state index contributed by atoms with van der Waals surface area (Å²) in [5.74, 6) is 1.35. The van der Waals surface area contributed by atoms with Gasteiger partial charge in [0.05, 0.1) is 24.4 Å². The molecule has 0 unspecified atom stereocenters. The standard InChI is InChI=1S/C19H20N6O3/c1-28-17-13(3-2-7-20-17)14-11-21-25-8-4-15(22-16(14)25)23-9-10-24(18(26)27)19(12-23)5-6-19/h2-4,7-8,11H,5-6,9-10,12H2,1H3,(H,26,27). The molecule has 0 aromatic carbocycles. The van der Waals surface area contributed by atoms with E-state index in [1.54, 1.807) is 28.9 Å². The fourth-order valence-electron chi connectivity index (χ4n) is 4.03. The number of hydrogen-bond acceptors (Lipinski definition) is 6. The van der Waals surface area contributed by atoms with Gasteiger partial charge < -0.3 is 14.7 Å². The van der Waals surface area contributed by atoms with E-state index in [9.17, 15) is 9.90 Å². The predicted molar refractivity (Wildman–Crippen MR) is 102 cm³/mol. The van der Waals surface area contributed by atoms with Gasteiger partial charge in [-0.3, -0.25) is 4.90 Å². The second-order valence-electron chi connectivity index (χ2n) is 7.25. The number of carbonyl (C=O) groups is 1. The molecule has 1 amide bonds. The van der Waals surface area contributed by atoms with Crippen LogP contribution in [0, 0.1) is 0 Å². The van der Waals surface area contributed by atoms with Gasteiger partial charge in [-0.1, -0.05) is 0 Å². The van der Waals surface area contributed by atoms with Crippen molar-refractivity contribution in [3.05, 3.63) is 36.8 Å². The summed E-state index contributed by atoms with van der Waals surface area (Å²) in [6, 6.07) is 5.71. The van der Waals surface area contributed by atoms with Crippen LogP contribution < -0.4 is 9.64 Å². The monoisotopic (exact) mass is 380 g/mol. The van der Waals surface area contributed by atoms with Gasteiger partial charge in [-0.05, 0) is 31.0 Å². The number of pyridine rings is 1. The second kappa shape index (κ2) is 6.08. The molecule has 0 bridgehead atoms. The number of amides is 1. The maximum Gasteiger partial charge on any atom is 0.407 e. The first-order chi connectivity index (χ1) is 13.6. The van der Waals surface area contributed by atoms with Crippen LogP contribution in [0.3, 0.4) is 0 Å². The zero-order chi connectivity index (χ0) is 19.3. The van der Waals surface area contributed by atoms with Crippen LogP contribution in [-0.4, -0.2) is 68.0 Å². The van der Waals surface area contributed by atoms with Crippen LogP contribution in [0.15, 0.2) is 36.8 Å². The minimum absolute atomic E-state index is 0.256. The summed E-state index contributed by atoms with van der Waals surface area (Å²) in [5, 5.41) is 13.9. The van der Waals surface area contributed by atoms with Crippen molar-refractivity contribution in [1.29, 1.82) is 0 Å². The molecule has 144 valence electrons. The van der Waals surface area contributed by atoms with Crippen molar-refractivity contribution in [3.63, 3.8) is 0 Å². The molecule has 9 heteroatoms. The smallest absolute Gasteiger partial charge is 0.407 e. The van der Waals surface area contributed by atoms with Crippen molar-refractivity contribution in [3.8, 4) is 17.0 Å². The highest BCUT2D eigenvalue weighted by Crippen LogP contribution is 2.45. The van der Waals surface area contributed by atoms with Gasteiger partial charge in [0.25, 0.3) is 0 Å². The van der Waals surface area contributed by atoms with Crippen LogP contribution in [0.1, 0.15) is 12.8 Å². The summed E-state index contributed by atoms with van der Waals surface area (Å²) in [4.78, 5) is 24.4. The number of fused-ring (bicyclic) bond motifs is 1. The first kappa shape index (κ1) is 16.8. The lowest BCUT2D eigenvalue weighted by molar-refractivity contribution is 0.110. The Morgan fingerprint density at radius 1 is 1.25 bits per heavy atom. The maximum absolute atomic E-state index is 11.5. The summed E-state index contributed by atoms with van der Waals surface area (Å²) in [5.41, 5.74) is 2.14. The number of anilines is 1. The molecule has 3 aromatic rings. The Labute approximate surface area is 161 Å². The average Bonchev–Trinajstić information content (AvgIpc) is 3.34. The second-order valence-corrected chi connectivity index (χ2v) is 7.25. The van der Waals surface area contributed by atoms with Crippen LogP contribution in [0.5, 0.6) is 5.88 Å². The molecule has 1 N–H and O–H groups in total. The van der Waals surface area contributed by atoms with Crippen LogP contribution in [-0.2, 0) is 0 Å². The van der Waals surface area contributed by atoms with Crippen LogP contribution >= 0.6 is 0 Å². The maximum atomic E-state index is 11.5. The lowest BCUT2D eigenvalue weighted by Gasteiger charge is -2.41. The van der Waals surface area contributed by atoms with E-state index in [1.807, 2.05) is 24.4 Å². The van der Waals surface area contributed by atoms with E-state index in [-0.39, 0.29) is 5.54 Å². The molecular weight excluding hydrogens is 360 g/mol. The topological polar surface area (TPSA) is 96.1 Å². The molecule has 2 fully saturated rings. The highest BCUT2D eigenvalue weighted by Gasteiger charge is 2.53. The van der Waals surface area contributed by atoms with Gasteiger partial charge in [0, 0.05) is 37.6 Å². The van der Waals surface area contributed by atoms with Crippen molar-refractivity contribution >= 4 is 17.6 Å². The molecule has 2 aliphatic rings. The third kappa shape index (κ3) is 2.54. The van der Waals surface area contributed by atoms with Crippen LogP contribution in [0.4, 0.5) is 10.6 Å². The molecular formula is C19H20N6O3. The Bertz CT molecular complexity index is 1060. The summed E-state index contributed by atoms with van der Waals surface area (Å²) < 4.78 is 7.11. The molecule has 28 heavy (non-hydrogen) atoms. The number of rotatable bonds is 3. The van der Waals surface area contributed by atoms with Crippen molar-refractivity contribution in [2.75, 3.05) is 31.6 Å². The van der Waals surface area contributed by atoms with Gasteiger partial charge in [0.2, 0.25) is 5.88 Å². The summed E-state index contributed by atoms with van der Waals surface area (Å²) in [7, 11) is 1.59. The lowest BCUT2D eigenvalue weighted by Crippen LogP contribution is -2.57. The molecule has 1 aliphatic heterocycles. The zero-order valence-electron chi connectivity index (χ0n) is 15.4. The van der Waals surface area contributed by atoms with E-state index in [4.69, 9.17) is 9.72 Å². The Balaban J connectivity index is 1.52. The summed E-state index contributed by atoms with van der Waals surface area (Å²) in [6.07, 6.45) is 6.31. The van der Waals surface area contributed by atoms with Gasteiger partial charge in [-0.25, -0.2) is 19.3 Å². The van der Waals surface area contributed by atoms with E-state index in [2.05, 4.69) is 15.0 Å². The molecule has 0 atom stereocenters. The zero-order valence-corrected chi connectivity index (χ0v) is 15.4. The molecule has 9 nitrogen and oxygen atoms in total. The van der Waals surface area contributed by atoms with E-state index >= 15 is 0 Å². The Hall–Kier alpha value is -3.36. The largest absolute Gasteiger partial charge is 0.481 e. The lowest BCUT2D eigenvalue weighted by atomic mass is 10.1. The van der Waals surface area contributed by atoms with Crippen molar-refractivity contribution in [1.82, 2.24) is 24.5 Å². The Morgan fingerprint density at radius 3 is 2.86 bits per heavy atom. The third-order valence-corrected chi connectivity index (χ3v) is 5.64. The number of hydrogen-bond donors (Lipinski definition) is 1. The third-order valence-electron chi connectivity index (χ3n) is 5.64. The minimum atomic E-state index is -0.831. The predicted octanol–water partition coefficient (Wildman–Crippen LogP) is 2.13. The van der Waals surface area contributed by atoms with E-state index < -0.39 is 6.09 Å². The molecule has 1 spiro atoms. The van der Waals surface area contributed by atoms with Crippen molar-refractivity contribution in [2.24, 2.45) is 0 Å². The highest BCUT2D eigenvalue weighted by molar-refractivity contribution is 5.80. The highest BCUT2D eigenvalue weighted by atomic mass is 16.5. The molecule has 3 aromatic heterocycles. The number of nitrogens with zero attached hydrogens (tertiary/aromatic N) is 6. The fourth-order valence-corrected chi connectivity index (χ4v) is 4.03. The van der Waals surface area contributed by atoms with E-state index in [0.717, 1.165) is 29.8 Å².